The van der Waals surface area contributed by atoms with Gasteiger partial charge < -0.3 is 59.7 Å². The summed E-state index contributed by atoms with van der Waals surface area (Å²) in [6.45, 7) is 24.7. The lowest BCUT2D eigenvalue weighted by atomic mass is 9.81. The van der Waals surface area contributed by atoms with Crippen LogP contribution in [-0.2, 0) is 39.4 Å². The number of rotatable bonds is 11. The number of hydrogen-bond acceptors (Lipinski definition) is 14. The van der Waals surface area contributed by atoms with E-state index in [4.69, 9.17) is 49.5 Å². The van der Waals surface area contributed by atoms with E-state index in [1.807, 2.05) is 84.9 Å². The normalized spacial score (nSPS) is 15.3. The minimum atomic E-state index is -2.33. The number of hydrogen-bond donors (Lipinski definition) is 2. The van der Waals surface area contributed by atoms with Crippen LogP contribution in [-0.4, -0.2) is 30.4 Å². The van der Waals surface area contributed by atoms with Crippen LogP contribution in [0.5, 0.6) is 46.0 Å². The summed E-state index contributed by atoms with van der Waals surface area (Å²) in [7, 11) is -3.68. The maximum atomic E-state index is 13.4. The van der Waals surface area contributed by atoms with Crippen LogP contribution < -0.4 is 36.6 Å². The zero-order valence-corrected chi connectivity index (χ0v) is 51.2. The monoisotopic (exact) mass is 1160 g/mol. The molecule has 0 saturated carbocycles. The average molecular weight is 1170 g/mol. The Kier molecular flexibility index (Phi) is 14.7. The summed E-state index contributed by atoms with van der Waals surface area (Å²) in [5.41, 5.74) is 5.17. The van der Waals surface area contributed by atoms with Crippen molar-refractivity contribution in [3.05, 3.63) is 154 Å². The highest BCUT2D eigenvalue weighted by molar-refractivity contribution is 7.43. The molecular weight excluding hydrogens is 1100 g/mol. The number of carbonyl (C=O) groups is 1. The lowest BCUT2D eigenvalue weighted by Crippen LogP contribution is -2.18. The Morgan fingerprint density at radius 3 is 1.45 bits per heavy atom. The van der Waals surface area contributed by atoms with Crippen molar-refractivity contribution in [2.24, 2.45) is 0 Å². The van der Waals surface area contributed by atoms with E-state index in [9.17, 15) is 15.0 Å². The van der Waals surface area contributed by atoms with E-state index >= 15 is 0 Å². The van der Waals surface area contributed by atoms with E-state index in [1.165, 1.54) is 0 Å². The van der Waals surface area contributed by atoms with E-state index in [-0.39, 0.29) is 13.2 Å². The van der Waals surface area contributed by atoms with Crippen LogP contribution in [0.25, 0.3) is 54.6 Å². The molecule has 0 aliphatic carbocycles. The minimum absolute atomic E-state index is 0.189. The molecule has 8 aromatic carbocycles. The second-order valence-electron chi connectivity index (χ2n) is 24.6. The van der Waals surface area contributed by atoms with Crippen molar-refractivity contribution >= 4 is 74.9 Å². The van der Waals surface area contributed by atoms with Crippen molar-refractivity contribution in [3.63, 3.8) is 0 Å². The first kappa shape index (κ1) is 56.7. The summed E-state index contributed by atoms with van der Waals surface area (Å²) in [6, 6.07) is 36.0. The van der Waals surface area contributed by atoms with Gasteiger partial charge in [-0.05, 0) is 122 Å². The smallest absolute Gasteiger partial charge is 0.497 e. The van der Waals surface area contributed by atoms with Gasteiger partial charge in [0.05, 0.1) is 38.2 Å². The molecule has 2 unspecified atom stereocenters. The van der Waals surface area contributed by atoms with Crippen molar-refractivity contribution in [1.29, 1.82) is 0 Å². The number of para-hydroxylation sites is 1. The van der Waals surface area contributed by atoms with Gasteiger partial charge in [-0.2, -0.15) is 0 Å². The van der Waals surface area contributed by atoms with Gasteiger partial charge in [0.2, 0.25) is 0 Å². The number of aliphatic hydroxyl groups is 2. The van der Waals surface area contributed by atoms with Gasteiger partial charge in [0.1, 0.15) is 57.0 Å². The van der Waals surface area contributed by atoms with Crippen molar-refractivity contribution in [1.82, 2.24) is 0 Å². The first-order valence-electron chi connectivity index (χ1n) is 27.0. The molecule has 14 nitrogen and oxygen atoms in total. The third kappa shape index (κ3) is 10.7. The molecule has 2 aliphatic heterocycles. The van der Waals surface area contributed by atoms with E-state index in [0.717, 1.165) is 43.8 Å². The van der Waals surface area contributed by atoms with Gasteiger partial charge in [0.15, 0.2) is 5.75 Å². The van der Waals surface area contributed by atoms with E-state index in [2.05, 4.69) is 89.2 Å². The van der Waals surface area contributed by atoms with Crippen molar-refractivity contribution in [2.45, 2.75) is 118 Å². The lowest BCUT2D eigenvalue weighted by molar-refractivity contribution is 0.0697. The number of fused-ring (bicyclic) bond motifs is 6. The third-order valence-electron chi connectivity index (χ3n) is 14.6. The van der Waals surface area contributed by atoms with Gasteiger partial charge in [0, 0.05) is 44.2 Å². The zero-order valence-electron chi connectivity index (χ0n) is 48.5. The highest BCUT2D eigenvalue weighted by atomic mass is 31.2. The van der Waals surface area contributed by atoms with E-state index < -0.39 is 53.1 Å². The molecule has 0 amide bonds. The highest BCUT2D eigenvalue weighted by Gasteiger charge is 2.39. The van der Waals surface area contributed by atoms with Crippen LogP contribution in [0.4, 0.5) is 0 Å². The van der Waals surface area contributed by atoms with Gasteiger partial charge in [-0.3, -0.25) is 0 Å². The average Bonchev–Trinajstić information content (AvgIpc) is 2.94. The van der Waals surface area contributed by atoms with Crippen LogP contribution in [0, 0.1) is 0 Å². The summed E-state index contributed by atoms with van der Waals surface area (Å²) >= 11 is 0. The van der Waals surface area contributed by atoms with Crippen molar-refractivity contribution in [2.75, 3.05) is 14.2 Å². The SMILES string of the molecule is COc1cc(-c2cc(OC)cc(C(C)(C)C)c2OP2Oc3cccc4cc5cccc(Op6oc7c(C(C)(C)C)cc(CO)cc7c7cc(CO)cc(C(C)(C)C)c7o6)c5c(c34)O2)c(OP2OC(=O)c3ccccc3O2)c(C(C)(C)C)c1. The van der Waals surface area contributed by atoms with Crippen LogP contribution in [0.2, 0.25) is 0 Å². The summed E-state index contributed by atoms with van der Waals surface area (Å²) in [5.74, 6) is 3.11. The molecule has 0 saturated heterocycles. The molecule has 9 aromatic rings. The number of methoxy groups -OCH3 is 2. The summed E-state index contributed by atoms with van der Waals surface area (Å²) in [4.78, 5) is 13.4. The fourth-order valence-corrected chi connectivity index (χ4v) is 13.6. The van der Waals surface area contributed by atoms with Crippen molar-refractivity contribution in [3.8, 4) is 57.1 Å². The number of ether oxygens (including phenoxy) is 2. The quantitative estimate of drug-likeness (QED) is 0.0927. The molecule has 0 radical (unpaired) electrons. The van der Waals surface area contributed by atoms with Gasteiger partial charge in [-0.1, -0.05) is 119 Å². The van der Waals surface area contributed by atoms with Crippen LogP contribution in [0.15, 0.2) is 124 Å². The Balaban J connectivity index is 1.09. The summed E-state index contributed by atoms with van der Waals surface area (Å²) in [5, 5.41) is 25.7. The lowest BCUT2D eigenvalue weighted by Gasteiger charge is -2.31. The van der Waals surface area contributed by atoms with E-state index in [1.54, 1.807) is 38.5 Å². The van der Waals surface area contributed by atoms with Crippen LogP contribution in [0.3, 0.4) is 0 Å². The van der Waals surface area contributed by atoms with Gasteiger partial charge in [-0.15, -0.1) is 0 Å². The van der Waals surface area contributed by atoms with Crippen LogP contribution >= 0.6 is 25.4 Å². The molecular formula is C65H67O14P3. The molecule has 1 aromatic heterocycles. The fourth-order valence-electron chi connectivity index (χ4n) is 10.4. The topological polar surface area (TPSA) is 167 Å². The number of benzene rings is 8. The Hall–Kier alpha value is -7.17. The molecule has 2 atom stereocenters. The maximum absolute atomic E-state index is 13.4. The number of aliphatic hydroxyl groups excluding tert-OH is 2. The first-order chi connectivity index (χ1) is 38.8. The predicted molar refractivity (Wildman–Crippen MR) is 324 cm³/mol. The maximum Gasteiger partial charge on any atom is 0.532 e. The summed E-state index contributed by atoms with van der Waals surface area (Å²) < 4.78 is 73.6. The Bertz CT molecular complexity index is 3980. The largest absolute Gasteiger partial charge is 0.532 e. The van der Waals surface area contributed by atoms with Gasteiger partial charge >= 0.3 is 31.4 Å². The van der Waals surface area contributed by atoms with Crippen molar-refractivity contribution < 1.29 is 64.5 Å². The predicted octanol–water partition coefficient (Wildman–Crippen LogP) is 18.2. The second-order valence-corrected chi connectivity index (χ2v) is 27.6. The Labute approximate surface area is 480 Å². The fraction of sp³-hybridized carbons (Fsp3) is 0.308. The molecule has 0 fully saturated rings. The molecule has 3 heterocycles. The molecule has 82 heavy (non-hydrogen) atoms. The minimum Gasteiger partial charge on any atom is -0.497 e. The van der Waals surface area contributed by atoms with Gasteiger partial charge in [-0.25, -0.2) is 4.79 Å². The standard InChI is InChI=1S/C65H67O14P3/c1-62(2,3)47-27-36(34-66)25-43-44-26-37(35-67)28-48(63(4,5)6)57(44)75-80(74-56(43)47)72-52-23-17-19-38-29-39-20-18-24-53-55(39)60(54(38)52)78-81(73-53)76-58-45(30-40(69-13)32-49(58)64(7,8)9)46-31-41(70-14)33-50(65(10,11)12)59(46)77-82-71-51-22-16-15-21-42(51)61(68)79-82/h15-33,66-67H,34-35H2,1-14H3. The molecule has 2 aliphatic rings. The van der Waals surface area contributed by atoms with Crippen LogP contribution in [0.1, 0.15) is 127 Å². The highest BCUT2D eigenvalue weighted by Crippen LogP contribution is 2.61. The second kappa shape index (κ2) is 21.2. The Morgan fingerprint density at radius 2 is 0.939 bits per heavy atom. The molecule has 2 N–H and O–H groups in total. The third-order valence-corrected chi connectivity index (χ3v) is 17.6. The van der Waals surface area contributed by atoms with Gasteiger partial charge in [0.25, 0.3) is 0 Å². The molecule has 11 rings (SSSR count). The van der Waals surface area contributed by atoms with E-state index in [0.29, 0.717) is 95.8 Å². The molecule has 17 heteroatoms. The zero-order chi connectivity index (χ0) is 58.4. The Morgan fingerprint density at radius 1 is 0.463 bits per heavy atom. The summed E-state index contributed by atoms with van der Waals surface area (Å²) in [6.07, 6.45) is 0. The molecule has 426 valence electrons. The molecule has 0 bridgehead atoms. The molecule has 0 spiro atoms. The number of carbonyl (C=O) groups excluding carboxylic acids is 1. The first-order valence-corrected chi connectivity index (χ1v) is 30.3.